The lowest BCUT2D eigenvalue weighted by molar-refractivity contribution is 0.216. The van der Waals surface area contributed by atoms with Crippen molar-refractivity contribution < 1.29 is 4.39 Å². The molecule has 102 valence electrons. The van der Waals surface area contributed by atoms with Crippen LogP contribution in [0.2, 0.25) is 0 Å². The Labute approximate surface area is 108 Å². The second-order valence-corrected chi connectivity index (χ2v) is 4.88. The second kappa shape index (κ2) is 10.6. The zero-order chi connectivity index (χ0) is 13.9. The van der Waals surface area contributed by atoms with Gasteiger partial charge >= 0.3 is 0 Å². The molecule has 0 aliphatic heterocycles. The summed E-state index contributed by atoms with van der Waals surface area (Å²) < 4.78 is 12.6. The molecule has 1 atom stereocenters. The molecule has 0 aliphatic rings. The van der Waals surface area contributed by atoms with Gasteiger partial charge in [-0.3, -0.25) is 0 Å². The summed E-state index contributed by atoms with van der Waals surface area (Å²) in [5, 5.41) is 0. The molecule has 0 aromatic heterocycles. The Kier molecular flexibility index (Phi) is 11.7. The maximum Gasteiger partial charge on any atom is 0.0859 e. The van der Waals surface area contributed by atoms with E-state index in [4.69, 9.17) is 0 Å². The number of rotatable bonds is 6. The standard InChI is InChI=1S/C14H25F.C2H6/c1-6-8-9-14(5,12(3)4)10-13(7-2)11-15;1-2/h6,8,11-12H,7,9-10H2,1-5H3;1-2H3/b8-6-,13-11-;. The van der Waals surface area contributed by atoms with Gasteiger partial charge in [0.15, 0.2) is 0 Å². The lowest BCUT2D eigenvalue weighted by Gasteiger charge is -2.33. The fraction of sp³-hybridized carbons (Fsp3) is 0.750. The molecule has 0 heterocycles. The molecule has 0 bridgehead atoms. The lowest BCUT2D eigenvalue weighted by Crippen LogP contribution is -2.23. The van der Waals surface area contributed by atoms with Gasteiger partial charge in [-0.15, -0.1) is 0 Å². The van der Waals surface area contributed by atoms with E-state index in [9.17, 15) is 4.39 Å². The number of allylic oxidation sites excluding steroid dienone is 3. The number of hydrogen-bond acceptors (Lipinski definition) is 0. The van der Waals surface area contributed by atoms with Gasteiger partial charge in [0.25, 0.3) is 0 Å². The Hall–Kier alpha value is -0.590. The van der Waals surface area contributed by atoms with Gasteiger partial charge in [-0.25, -0.2) is 4.39 Å². The highest BCUT2D eigenvalue weighted by Gasteiger charge is 2.27. The van der Waals surface area contributed by atoms with Gasteiger partial charge < -0.3 is 0 Å². The van der Waals surface area contributed by atoms with Gasteiger partial charge in [-0.2, -0.15) is 0 Å². The molecule has 0 aromatic carbocycles. The van der Waals surface area contributed by atoms with Crippen LogP contribution < -0.4 is 0 Å². The molecule has 0 aliphatic carbocycles. The minimum atomic E-state index is 0.181. The number of hydrogen-bond donors (Lipinski definition) is 0. The van der Waals surface area contributed by atoms with Crippen LogP contribution in [0.5, 0.6) is 0 Å². The van der Waals surface area contributed by atoms with E-state index in [1.54, 1.807) is 0 Å². The topological polar surface area (TPSA) is 0 Å². The maximum absolute atomic E-state index is 12.6. The van der Waals surface area contributed by atoms with Crippen molar-refractivity contribution in [1.29, 1.82) is 0 Å². The van der Waals surface area contributed by atoms with Crippen LogP contribution in [-0.2, 0) is 0 Å². The van der Waals surface area contributed by atoms with Crippen molar-refractivity contribution >= 4 is 0 Å². The molecule has 17 heavy (non-hydrogen) atoms. The van der Waals surface area contributed by atoms with Gasteiger partial charge in [-0.05, 0) is 43.1 Å². The Morgan fingerprint density at radius 2 is 1.82 bits per heavy atom. The van der Waals surface area contributed by atoms with E-state index < -0.39 is 0 Å². The first-order valence-corrected chi connectivity index (χ1v) is 6.89. The van der Waals surface area contributed by atoms with E-state index in [2.05, 4.69) is 32.9 Å². The maximum atomic E-state index is 12.6. The Morgan fingerprint density at radius 1 is 1.29 bits per heavy atom. The second-order valence-electron chi connectivity index (χ2n) is 4.88. The van der Waals surface area contributed by atoms with E-state index in [1.807, 2.05) is 27.7 Å². The van der Waals surface area contributed by atoms with Gasteiger partial charge in [0.05, 0.1) is 6.33 Å². The average Bonchev–Trinajstić information content (AvgIpc) is 2.35. The first kappa shape index (κ1) is 18.8. The molecule has 1 unspecified atom stereocenters. The van der Waals surface area contributed by atoms with Crippen molar-refractivity contribution in [3.8, 4) is 0 Å². The third kappa shape index (κ3) is 7.36. The summed E-state index contributed by atoms with van der Waals surface area (Å²) in [6.07, 6.45) is 7.75. The van der Waals surface area contributed by atoms with Crippen LogP contribution in [0.4, 0.5) is 4.39 Å². The van der Waals surface area contributed by atoms with Crippen LogP contribution in [0.1, 0.15) is 67.7 Å². The molecule has 0 radical (unpaired) electrons. The summed E-state index contributed by atoms with van der Waals surface area (Å²) in [6.45, 7) is 14.7. The fourth-order valence-electron chi connectivity index (χ4n) is 1.66. The molecule has 1 heteroatoms. The highest BCUT2D eigenvalue weighted by atomic mass is 19.1. The lowest BCUT2D eigenvalue weighted by atomic mass is 9.71. The Morgan fingerprint density at radius 3 is 2.12 bits per heavy atom. The fourth-order valence-corrected chi connectivity index (χ4v) is 1.66. The first-order valence-electron chi connectivity index (χ1n) is 6.89. The SMILES string of the molecule is C/C=C\CC(C)(C/C(=C\F)CC)C(C)C.CC. The van der Waals surface area contributed by atoms with Crippen molar-refractivity contribution in [1.82, 2.24) is 0 Å². The smallest absolute Gasteiger partial charge is 0.0859 e. The first-order chi connectivity index (χ1) is 8.00. The Balaban J connectivity index is 0. The van der Waals surface area contributed by atoms with E-state index in [-0.39, 0.29) is 5.41 Å². The van der Waals surface area contributed by atoms with Crippen molar-refractivity contribution in [2.24, 2.45) is 11.3 Å². The van der Waals surface area contributed by atoms with Crippen LogP contribution in [0.25, 0.3) is 0 Å². The highest BCUT2D eigenvalue weighted by molar-refractivity contribution is 5.04. The zero-order valence-electron chi connectivity index (χ0n) is 12.8. The van der Waals surface area contributed by atoms with Crippen molar-refractivity contribution in [3.05, 3.63) is 24.1 Å². The minimum absolute atomic E-state index is 0.181. The van der Waals surface area contributed by atoms with Gasteiger partial charge in [0.1, 0.15) is 0 Å². The highest BCUT2D eigenvalue weighted by Crippen LogP contribution is 2.38. The van der Waals surface area contributed by atoms with Crippen LogP contribution in [0.15, 0.2) is 24.1 Å². The average molecular weight is 242 g/mol. The molecule has 0 rings (SSSR count). The quantitative estimate of drug-likeness (QED) is 0.480. The zero-order valence-corrected chi connectivity index (χ0v) is 12.8. The number of halogens is 1. The van der Waals surface area contributed by atoms with E-state index >= 15 is 0 Å². The van der Waals surface area contributed by atoms with Crippen LogP contribution in [-0.4, -0.2) is 0 Å². The predicted molar refractivity (Wildman–Crippen MR) is 77.8 cm³/mol. The Bertz CT molecular complexity index is 226. The van der Waals surface area contributed by atoms with Crippen LogP contribution in [0, 0.1) is 11.3 Å². The van der Waals surface area contributed by atoms with Gasteiger partial charge in [-0.1, -0.05) is 53.7 Å². The van der Waals surface area contributed by atoms with Crippen molar-refractivity contribution in [2.75, 3.05) is 0 Å². The van der Waals surface area contributed by atoms with Crippen molar-refractivity contribution in [2.45, 2.75) is 67.7 Å². The monoisotopic (exact) mass is 242 g/mol. The van der Waals surface area contributed by atoms with E-state index in [0.29, 0.717) is 5.92 Å². The minimum Gasteiger partial charge on any atom is -0.216 e. The molecule has 0 N–H and O–H groups in total. The third-order valence-corrected chi connectivity index (χ3v) is 3.45. The largest absolute Gasteiger partial charge is 0.216 e. The third-order valence-electron chi connectivity index (χ3n) is 3.45. The molecule has 0 aromatic rings. The summed E-state index contributed by atoms with van der Waals surface area (Å²) in [5.41, 5.74) is 1.11. The molecule has 0 amide bonds. The summed E-state index contributed by atoms with van der Waals surface area (Å²) in [4.78, 5) is 0. The van der Waals surface area contributed by atoms with Crippen LogP contribution in [0.3, 0.4) is 0 Å². The van der Waals surface area contributed by atoms with Gasteiger partial charge in [0.2, 0.25) is 0 Å². The molecule has 0 saturated carbocycles. The van der Waals surface area contributed by atoms with Gasteiger partial charge in [0, 0.05) is 0 Å². The summed E-state index contributed by atoms with van der Waals surface area (Å²) in [5.74, 6) is 0.565. The molecule has 0 saturated heterocycles. The molecule has 0 spiro atoms. The summed E-state index contributed by atoms with van der Waals surface area (Å²) in [7, 11) is 0. The van der Waals surface area contributed by atoms with Crippen molar-refractivity contribution in [3.63, 3.8) is 0 Å². The summed E-state index contributed by atoms with van der Waals surface area (Å²) >= 11 is 0. The van der Waals surface area contributed by atoms with E-state index in [0.717, 1.165) is 31.2 Å². The predicted octanol–water partition coefficient (Wildman–Crippen LogP) is 6.29. The molecular weight excluding hydrogens is 211 g/mol. The molecule has 0 nitrogen and oxygen atoms in total. The normalized spacial score (nSPS) is 15.7. The molecule has 0 fully saturated rings. The molecular formula is C16H31F. The summed E-state index contributed by atoms with van der Waals surface area (Å²) in [6, 6.07) is 0. The van der Waals surface area contributed by atoms with Crippen LogP contribution >= 0.6 is 0 Å². The van der Waals surface area contributed by atoms with E-state index in [1.165, 1.54) is 0 Å².